The molecule has 1 fully saturated rings. The summed E-state index contributed by atoms with van der Waals surface area (Å²) in [5, 5.41) is 29.1. The zero-order valence-electron chi connectivity index (χ0n) is 20.9. The number of hydrogen-bond donors (Lipinski definition) is 3. The Bertz CT molecular complexity index is 1180. The first-order valence-corrected chi connectivity index (χ1v) is 10.0. The first kappa shape index (κ1) is 17.6. The molecule has 4 heterocycles. The van der Waals surface area contributed by atoms with Crippen LogP contribution in [0.1, 0.15) is 38.2 Å². The molecule has 9 heteroatoms. The van der Waals surface area contributed by atoms with E-state index < -0.39 is 24.7 Å². The van der Waals surface area contributed by atoms with Gasteiger partial charge in [-0.05, 0) is 52.3 Å². The number of hydrogen-bond acceptors (Lipinski definition) is 7. The van der Waals surface area contributed by atoms with E-state index in [0.29, 0.717) is 29.1 Å². The van der Waals surface area contributed by atoms with Crippen LogP contribution in [-0.2, 0) is 6.98 Å². The van der Waals surface area contributed by atoms with Gasteiger partial charge in [-0.1, -0.05) is 0 Å². The van der Waals surface area contributed by atoms with Crippen molar-refractivity contribution in [2.24, 2.45) is 6.98 Å². The molecule has 0 amide bonds. The maximum absolute atomic E-state index is 15.0. The van der Waals surface area contributed by atoms with Crippen molar-refractivity contribution in [3.8, 4) is 28.3 Å². The van der Waals surface area contributed by atoms with Crippen LogP contribution in [0.5, 0.6) is 5.75 Å². The molecule has 0 spiro atoms. The second-order valence-electron chi connectivity index (χ2n) is 9.16. The van der Waals surface area contributed by atoms with Crippen molar-refractivity contribution < 1.29 is 13.6 Å². The van der Waals surface area contributed by atoms with Crippen LogP contribution < -0.4 is 10.6 Å². The number of halogens is 1. The molecule has 31 heavy (non-hydrogen) atoms. The molecular weight excluding hydrogens is 397 g/mol. The maximum Gasteiger partial charge on any atom is 0.149 e. The van der Waals surface area contributed by atoms with Gasteiger partial charge in [-0.15, -0.1) is 10.2 Å². The van der Waals surface area contributed by atoms with Gasteiger partial charge in [-0.25, -0.2) is 9.37 Å². The van der Waals surface area contributed by atoms with Crippen molar-refractivity contribution in [3.05, 3.63) is 36.8 Å². The Labute approximate surface area is 185 Å². The zero-order valence-corrected chi connectivity index (χ0v) is 17.9. The van der Waals surface area contributed by atoms with Gasteiger partial charge in [-0.2, -0.15) is 5.10 Å². The fourth-order valence-electron chi connectivity index (χ4n) is 4.28. The van der Waals surface area contributed by atoms with Crippen molar-refractivity contribution in [1.82, 2.24) is 30.3 Å². The third-order valence-electron chi connectivity index (χ3n) is 5.46. The van der Waals surface area contributed by atoms with Crippen molar-refractivity contribution in [2.75, 3.05) is 5.32 Å². The largest absolute Gasteiger partial charge is 0.506 e. The molecule has 0 aromatic carbocycles. The summed E-state index contributed by atoms with van der Waals surface area (Å²) in [5.41, 5.74) is 0.644. The molecule has 2 atom stereocenters. The topological polar surface area (TPSA) is 101 Å². The van der Waals surface area contributed by atoms with E-state index in [-0.39, 0.29) is 17.0 Å². The Morgan fingerprint density at radius 3 is 2.68 bits per heavy atom. The van der Waals surface area contributed by atoms with E-state index in [9.17, 15) is 5.11 Å². The molecule has 0 saturated carbocycles. The fourth-order valence-corrected chi connectivity index (χ4v) is 4.28. The Kier molecular flexibility index (Phi) is 4.29. The summed E-state index contributed by atoms with van der Waals surface area (Å²) in [6.45, 7) is 5.37. The highest BCUT2D eigenvalue weighted by Crippen LogP contribution is 2.33. The highest BCUT2D eigenvalue weighted by Gasteiger charge is 2.46. The molecule has 3 aromatic rings. The number of nitrogens with one attached hydrogen (secondary N) is 2. The van der Waals surface area contributed by atoms with Gasteiger partial charge in [0.15, 0.2) is 0 Å². The third-order valence-corrected chi connectivity index (χ3v) is 5.46. The van der Waals surface area contributed by atoms with E-state index in [0.717, 1.165) is 4.68 Å². The molecule has 0 bridgehead atoms. The number of aryl methyl sites for hydroxylation is 1. The standard InChI is InChI=1S/C22H28FN7O/c1-21(2)9-16(20(23)22(3,4)29-21)26-18-7-6-15(27-28-18)19-17(31)8-13(10-24-19)14-11-25-30(5)12-14/h6-8,10-12,16,20,29,31H,9H2,1-5H3,(H,26,28)/t16-,20-/m1/s1/i5D3. The molecule has 0 unspecified atom stereocenters. The molecule has 4 rings (SSSR count). The van der Waals surface area contributed by atoms with Crippen molar-refractivity contribution in [1.29, 1.82) is 0 Å². The lowest BCUT2D eigenvalue weighted by molar-refractivity contribution is 0.0655. The Morgan fingerprint density at radius 1 is 1.23 bits per heavy atom. The summed E-state index contributed by atoms with van der Waals surface area (Å²) in [6, 6.07) is 4.35. The van der Waals surface area contributed by atoms with Crippen molar-refractivity contribution >= 4 is 5.82 Å². The third kappa shape index (κ3) is 4.36. The second-order valence-corrected chi connectivity index (χ2v) is 9.16. The number of rotatable bonds is 4. The first-order valence-electron chi connectivity index (χ1n) is 11.5. The van der Waals surface area contributed by atoms with Crippen LogP contribution in [0.3, 0.4) is 0 Å². The molecule has 3 N–H and O–H groups in total. The summed E-state index contributed by atoms with van der Waals surface area (Å²) in [4.78, 5) is 4.27. The van der Waals surface area contributed by atoms with Crippen LogP contribution in [0.25, 0.3) is 22.5 Å². The second kappa shape index (κ2) is 7.56. The van der Waals surface area contributed by atoms with E-state index in [1.807, 2.05) is 27.7 Å². The molecule has 1 aliphatic rings. The van der Waals surface area contributed by atoms with Gasteiger partial charge < -0.3 is 15.7 Å². The van der Waals surface area contributed by atoms with Gasteiger partial charge >= 0.3 is 0 Å². The van der Waals surface area contributed by atoms with Gasteiger partial charge in [0.25, 0.3) is 0 Å². The molecule has 0 radical (unpaired) electrons. The summed E-state index contributed by atoms with van der Waals surface area (Å²) >= 11 is 0. The summed E-state index contributed by atoms with van der Waals surface area (Å²) < 4.78 is 38.1. The van der Waals surface area contributed by atoms with Gasteiger partial charge in [0, 0.05) is 45.7 Å². The molecule has 8 nitrogen and oxygen atoms in total. The number of alkyl halides is 1. The predicted octanol–water partition coefficient (Wildman–Crippen LogP) is 3.31. The predicted molar refractivity (Wildman–Crippen MR) is 117 cm³/mol. The monoisotopic (exact) mass is 428 g/mol. The molecule has 3 aromatic heterocycles. The molecule has 0 aliphatic carbocycles. The zero-order chi connectivity index (χ0) is 24.9. The average Bonchev–Trinajstić information content (AvgIpc) is 3.22. The van der Waals surface area contributed by atoms with Crippen LogP contribution in [0.4, 0.5) is 10.2 Å². The number of anilines is 1. The lowest BCUT2D eigenvalue weighted by atomic mass is 9.78. The maximum atomic E-state index is 15.0. The fraction of sp³-hybridized carbons (Fsp3) is 0.455. The van der Waals surface area contributed by atoms with Crippen LogP contribution in [0, 0.1) is 0 Å². The van der Waals surface area contributed by atoms with Crippen molar-refractivity contribution in [3.63, 3.8) is 0 Å². The van der Waals surface area contributed by atoms with Gasteiger partial charge in [0.05, 0.1) is 12.2 Å². The minimum Gasteiger partial charge on any atom is -0.506 e. The average molecular weight is 429 g/mol. The number of aromatic nitrogens is 5. The van der Waals surface area contributed by atoms with E-state index in [1.54, 1.807) is 12.1 Å². The number of pyridine rings is 1. The van der Waals surface area contributed by atoms with Crippen LogP contribution in [-0.4, -0.2) is 53.4 Å². The van der Waals surface area contributed by atoms with E-state index in [1.165, 1.54) is 24.7 Å². The van der Waals surface area contributed by atoms with Crippen LogP contribution in [0.2, 0.25) is 0 Å². The number of aromatic hydroxyl groups is 1. The number of nitrogens with zero attached hydrogens (tertiary/aromatic N) is 5. The summed E-state index contributed by atoms with van der Waals surface area (Å²) in [5.74, 6) is 0.290. The van der Waals surface area contributed by atoms with Crippen LogP contribution >= 0.6 is 0 Å². The Morgan fingerprint density at radius 2 is 2.03 bits per heavy atom. The highest BCUT2D eigenvalue weighted by molar-refractivity contribution is 5.69. The lowest BCUT2D eigenvalue weighted by Gasteiger charge is -2.48. The molecule has 1 aliphatic heterocycles. The normalized spacial score (nSPS) is 24.1. The Hall–Kier alpha value is -3.07. The Balaban J connectivity index is 1.51. The van der Waals surface area contributed by atoms with E-state index >= 15 is 4.39 Å². The van der Waals surface area contributed by atoms with Gasteiger partial charge in [-0.3, -0.25) is 4.68 Å². The smallest absolute Gasteiger partial charge is 0.149 e. The lowest BCUT2D eigenvalue weighted by Crippen LogP contribution is -2.67. The van der Waals surface area contributed by atoms with Gasteiger partial charge in [0.2, 0.25) is 0 Å². The van der Waals surface area contributed by atoms with E-state index in [4.69, 9.17) is 4.11 Å². The molecule has 164 valence electrons. The van der Waals surface area contributed by atoms with Crippen LogP contribution in [0.15, 0.2) is 36.8 Å². The van der Waals surface area contributed by atoms with E-state index in [2.05, 4.69) is 30.9 Å². The molecule has 1 saturated heterocycles. The minimum atomic E-state index is -2.39. The minimum absolute atomic E-state index is 0.139. The first-order chi connectivity index (χ1) is 15.7. The SMILES string of the molecule is [2H]C([2H])([2H])n1cc(-c2cnc(-c3ccc(N[C@@H]4CC(C)(C)NC(C)(C)[C@@H]4F)nn3)c(O)c2)cn1. The molecular formula is C22H28FN7O. The number of piperidine rings is 1. The summed E-state index contributed by atoms with van der Waals surface area (Å²) in [7, 11) is 0. The summed E-state index contributed by atoms with van der Waals surface area (Å²) in [6.07, 6.45) is 3.70. The van der Waals surface area contributed by atoms with Gasteiger partial charge in [0.1, 0.15) is 29.1 Å². The van der Waals surface area contributed by atoms with Crippen molar-refractivity contribution in [2.45, 2.75) is 57.4 Å². The highest BCUT2D eigenvalue weighted by atomic mass is 19.1. The quantitative estimate of drug-likeness (QED) is 0.586.